The van der Waals surface area contributed by atoms with Gasteiger partial charge in [0.15, 0.2) is 21.6 Å². The molecule has 1 fully saturated rings. The molecule has 0 saturated carbocycles. The average Bonchev–Trinajstić information content (AvgIpc) is 3.49. The van der Waals surface area contributed by atoms with Crippen molar-refractivity contribution in [2.75, 3.05) is 23.7 Å². The maximum absolute atomic E-state index is 12.8. The fraction of sp³-hybridized carbons (Fsp3) is 0.444. The Morgan fingerprint density at radius 2 is 2.03 bits per heavy atom. The molecule has 3 aromatic rings. The molecule has 9 nitrogen and oxygen atoms in total. The van der Waals surface area contributed by atoms with Crippen molar-refractivity contribution in [3.63, 3.8) is 0 Å². The Labute approximate surface area is 183 Å². The predicted octanol–water partition coefficient (Wildman–Crippen LogP) is 4.30. The number of hydrogen-bond acceptors (Lipinski definition) is 10. The third-order valence-corrected chi connectivity index (χ3v) is 8.84. The average molecular weight is 470 g/mol. The lowest BCUT2D eigenvalue weighted by Crippen LogP contribution is -2.27. The lowest BCUT2D eigenvalue weighted by atomic mass is 10.1. The van der Waals surface area contributed by atoms with Crippen molar-refractivity contribution in [2.45, 2.75) is 43.4 Å². The van der Waals surface area contributed by atoms with Crippen LogP contribution in [0, 0.1) is 6.92 Å². The number of hydrogen-bond donors (Lipinski definition) is 3. The Morgan fingerprint density at radius 1 is 1.30 bits per heavy atom. The molecule has 1 saturated heterocycles. The van der Waals surface area contributed by atoms with Crippen LogP contribution in [0.4, 0.5) is 17.3 Å². The normalized spacial score (nSPS) is 16.1. The molecule has 0 aliphatic carbocycles. The van der Waals surface area contributed by atoms with E-state index in [1.807, 2.05) is 19.9 Å². The molecule has 1 atom stereocenters. The van der Waals surface area contributed by atoms with Crippen molar-refractivity contribution in [1.82, 2.24) is 13.1 Å². The minimum atomic E-state index is -3.69. The predicted molar refractivity (Wildman–Crippen MR) is 117 cm³/mol. The summed E-state index contributed by atoms with van der Waals surface area (Å²) in [6.45, 7) is 4.96. The van der Waals surface area contributed by atoms with E-state index < -0.39 is 10.0 Å². The molecule has 0 amide bonds. The van der Waals surface area contributed by atoms with Gasteiger partial charge in [-0.2, -0.15) is 13.1 Å². The zero-order valence-corrected chi connectivity index (χ0v) is 19.0. The van der Waals surface area contributed by atoms with Gasteiger partial charge < -0.3 is 20.2 Å². The third kappa shape index (κ3) is 4.04. The zero-order valence-electron chi connectivity index (χ0n) is 16.6. The van der Waals surface area contributed by atoms with Crippen molar-refractivity contribution in [3.8, 4) is 5.75 Å². The molecule has 1 aliphatic heterocycles. The summed E-state index contributed by atoms with van der Waals surface area (Å²) < 4.78 is 41.1. The smallest absolute Gasteiger partial charge is 0.256 e. The van der Waals surface area contributed by atoms with Crippen LogP contribution in [0.2, 0.25) is 0 Å². The van der Waals surface area contributed by atoms with Gasteiger partial charge in [0, 0.05) is 18.5 Å². The molecule has 4 rings (SSSR count). The first kappa shape index (κ1) is 21.1. The summed E-state index contributed by atoms with van der Waals surface area (Å²) >= 11 is 2.01. The number of nitrogens with one attached hydrogen (secondary N) is 2. The molecule has 0 bridgehead atoms. The van der Waals surface area contributed by atoms with Gasteiger partial charge in [-0.05, 0) is 37.8 Å². The van der Waals surface area contributed by atoms with Crippen molar-refractivity contribution in [3.05, 3.63) is 29.0 Å². The van der Waals surface area contributed by atoms with Gasteiger partial charge in [0.1, 0.15) is 5.76 Å². The van der Waals surface area contributed by atoms with E-state index in [1.54, 1.807) is 11.6 Å². The molecule has 0 radical (unpaired) electrons. The highest BCUT2D eigenvalue weighted by Crippen LogP contribution is 2.42. The zero-order chi connectivity index (χ0) is 21.3. The van der Waals surface area contributed by atoms with Crippen LogP contribution in [-0.2, 0) is 10.0 Å². The number of sulfonamides is 1. The minimum Gasteiger partial charge on any atom is -0.504 e. The highest BCUT2D eigenvalue weighted by molar-refractivity contribution is 7.91. The first-order valence-electron chi connectivity index (χ1n) is 9.62. The number of anilines is 3. The molecule has 3 N–H and O–H groups in total. The SMILES string of the molecule is CC[C@@H](Nc1nsnc1Nc1csc(S(=O)(=O)N2CCCC2)c1O)c1cc(C)co1. The molecule has 3 aromatic heterocycles. The van der Waals surface area contributed by atoms with Crippen LogP contribution in [0.15, 0.2) is 26.3 Å². The van der Waals surface area contributed by atoms with Crippen LogP contribution in [-0.4, -0.2) is 39.7 Å². The number of thiophene rings is 1. The van der Waals surface area contributed by atoms with Gasteiger partial charge in [-0.25, -0.2) is 8.42 Å². The Morgan fingerprint density at radius 3 is 2.70 bits per heavy atom. The number of aryl methyl sites for hydroxylation is 1. The van der Waals surface area contributed by atoms with Crippen LogP contribution >= 0.6 is 23.1 Å². The number of nitrogens with zero attached hydrogens (tertiary/aromatic N) is 3. The van der Waals surface area contributed by atoms with Gasteiger partial charge in [-0.1, -0.05) is 6.92 Å². The summed E-state index contributed by atoms with van der Waals surface area (Å²) in [4.78, 5) is 0. The summed E-state index contributed by atoms with van der Waals surface area (Å²) in [5, 5.41) is 18.5. The number of rotatable bonds is 8. The van der Waals surface area contributed by atoms with Crippen LogP contribution < -0.4 is 10.6 Å². The van der Waals surface area contributed by atoms with Gasteiger partial charge in [-0.15, -0.1) is 11.3 Å². The number of aromatic nitrogens is 2. The van der Waals surface area contributed by atoms with E-state index in [1.165, 1.54) is 4.31 Å². The molecule has 0 aromatic carbocycles. The second-order valence-corrected chi connectivity index (χ2v) is 10.7. The Kier molecular flexibility index (Phi) is 6.00. The first-order valence-corrected chi connectivity index (χ1v) is 12.7. The monoisotopic (exact) mass is 469 g/mol. The molecular formula is C18H23N5O4S3. The molecule has 0 unspecified atom stereocenters. The second-order valence-electron chi connectivity index (χ2n) is 7.11. The van der Waals surface area contributed by atoms with E-state index >= 15 is 0 Å². The van der Waals surface area contributed by atoms with Crippen LogP contribution in [0.1, 0.15) is 43.6 Å². The molecule has 0 spiro atoms. The first-order chi connectivity index (χ1) is 14.4. The van der Waals surface area contributed by atoms with Crippen molar-refractivity contribution in [2.24, 2.45) is 0 Å². The second kappa shape index (κ2) is 8.53. The lowest BCUT2D eigenvalue weighted by Gasteiger charge is -2.15. The van der Waals surface area contributed by atoms with Crippen molar-refractivity contribution < 1.29 is 17.9 Å². The van der Waals surface area contributed by atoms with Crippen LogP contribution in [0.5, 0.6) is 5.75 Å². The van der Waals surface area contributed by atoms with Crippen molar-refractivity contribution in [1.29, 1.82) is 0 Å². The van der Waals surface area contributed by atoms with Gasteiger partial charge in [0.25, 0.3) is 10.0 Å². The van der Waals surface area contributed by atoms with Gasteiger partial charge in [0.05, 0.1) is 29.7 Å². The van der Waals surface area contributed by atoms with Crippen molar-refractivity contribution >= 4 is 50.4 Å². The summed E-state index contributed by atoms with van der Waals surface area (Å²) in [7, 11) is -3.69. The molecule has 12 heteroatoms. The molecule has 162 valence electrons. The topological polar surface area (TPSA) is 121 Å². The van der Waals surface area contributed by atoms with E-state index in [0.717, 1.165) is 53.7 Å². The van der Waals surface area contributed by atoms with Crippen LogP contribution in [0.25, 0.3) is 0 Å². The lowest BCUT2D eigenvalue weighted by molar-refractivity contribution is 0.451. The Bertz CT molecular complexity index is 1110. The molecular weight excluding hydrogens is 446 g/mol. The van der Waals surface area contributed by atoms with Gasteiger partial charge in [0.2, 0.25) is 0 Å². The van der Waals surface area contributed by atoms with E-state index in [9.17, 15) is 13.5 Å². The minimum absolute atomic E-state index is 0.0536. The Hall–Kier alpha value is -2.15. The molecule has 4 heterocycles. The summed E-state index contributed by atoms with van der Waals surface area (Å²) in [5.41, 5.74) is 1.32. The standard InChI is InChI=1S/C18H23N5O4S3/c1-3-12(14-8-11(2)9-27-14)19-16-17(22-29-21-16)20-13-10-28-18(15(13)24)30(25,26)23-6-4-5-7-23/h8-10,12,24H,3-7H2,1-2H3,(H,19,21)(H,20,22)/t12-/m1/s1. The Balaban J connectivity index is 1.54. The van der Waals surface area contributed by atoms with Gasteiger partial charge in [-0.3, -0.25) is 0 Å². The maximum Gasteiger partial charge on any atom is 0.256 e. The maximum atomic E-state index is 12.8. The number of aromatic hydroxyl groups is 1. The van der Waals surface area contributed by atoms with E-state index in [4.69, 9.17) is 4.42 Å². The summed E-state index contributed by atoms with van der Waals surface area (Å²) in [5.74, 6) is 1.43. The molecule has 1 aliphatic rings. The molecule has 30 heavy (non-hydrogen) atoms. The summed E-state index contributed by atoms with van der Waals surface area (Å²) in [6.07, 6.45) is 4.14. The fourth-order valence-electron chi connectivity index (χ4n) is 3.32. The van der Waals surface area contributed by atoms with E-state index in [2.05, 4.69) is 19.4 Å². The van der Waals surface area contributed by atoms with E-state index in [0.29, 0.717) is 24.7 Å². The highest BCUT2D eigenvalue weighted by Gasteiger charge is 2.32. The summed E-state index contributed by atoms with van der Waals surface area (Å²) in [6, 6.07) is 1.87. The van der Waals surface area contributed by atoms with E-state index in [-0.39, 0.29) is 21.7 Å². The fourth-order valence-corrected chi connectivity index (χ4v) is 6.69. The number of furan rings is 1. The third-order valence-electron chi connectivity index (χ3n) is 4.93. The largest absolute Gasteiger partial charge is 0.504 e. The van der Waals surface area contributed by atoms with Gasteiger partial charge >= 0.3 is 0 Å². The van der Waals surface area contributed by atoms with Crippen LogP contribution in [0.3, 0.4) is 0 Å². The quantitative estimate of drug-likeness (QED) is 0.447. The highest BCUT2D eigenvalue weighted by atomic mass is 32.2.